The lowest BCUT2D eigenvalue weighted by molar-refractivity contribution is 0.160. The van der Waals surface area contributed by atoms with Crippen molar-refractivity contribution in [3.05, 3.63) is 20.8 Å². The Labute approximate surface area is 97.5 Å². The van der Waals surface area contributed by atoms with Crippen LogP contribution in [0, 0.1) is 0 Å². The van der Waals surface area contributed by atoms with Crippen molar-refractivity contribution in [3.63, 3.8) is 0 Å². The van der Waals surface area contributed by atoms with Gasteiger partial charge >= 0.3 is 0 Å². The lowest BCUT2D eigenvalue weighted by atomic mass is 10.2. The van der Waals surface area contributed by atoms with E-state index in [-0.39, 0.29) is 6.10 Å². The van der Waals surface area contributed by atoms with Gasteiger partial charge in [0, 0.05) is 15.9 Å². The Morgan fingerprint density at radius 3 is 3.00 bits per heavy atom. The highest BCUT2D eigenvalue weighted by Crippen LogP contribution is 2.21. The lowest BCUT2D eigenvalue weighted by Crippen LogP contribution is -2.19. The Kier molecular flexibility index (Phi) is 5.70. The van der Waals surface area contributed by atoms with Gasteiger partial charge in [-0.15, -0.1) is 11.3 Å². The van der Waals surface area contributed by atoms with Crippen molar-refractivity contribution in [2.75, 3.05) is 6.54 Å². The van der Waals surface area contributed by atoms with Crippen molar-refractivity contribution in [1.29, 1.82) is 0 Å². The van der Waals surface area contributed by atoms with E-state index < -0.39 is 0 Å². The Bertz CT molecular complexity index is 264. The zero-order chi connectivity index (χ0) is 10.4. The molecule has 1 rings (SSSR count). The molecule has 4 heteroatoms. The molecule has 0 saturated heterocycles. The Hall–Kier alpha value is 0.100. The van der Waals surface area contributed by atoms with E-state index >= 15 is 0 Å². The molecule has 1 aromatic rings. The van der Waals surface area contributed by atoms with E-state index in [2.05, 4.69) is 32.7 Å². The van der Waals surface area contributed by atoms with Crippen LogP contribution >= 0.6 is 27.3 Å². The molecule has 0 fully saturated rings. The van der Waals surface area contributed by atoms with Gasteiger partial charge in [0.2, 0.25) is 0 Å². The number of hydrogen-bond donors (Lipinski definition) is 2. The summed E-state index contributed by atoms with van der Waals surface area (Å²) in [5, 5.41) is 14.7. The van der Waals surface area contributed by atoms with Crippen LogP contribution in [0.3, 0.4) is 0 Å². The minimum absolute atomic E-state index is 0.158. The Morgan fingerprint density at radius 1 is 1.64 bits per heavy atom. The maximum atomic E-state index is 9.32. The van der Waals surface area contributed by atoms with Crippen LogP contribution in [0.4, 0.5) is 0 Å². The number of nitrogens with one attached hydrogen (secondary N) is 1. The quantitative estimate of drug-likeness (QED) is 0.784. The van der Waals surface area contributed by atoms with Crippen LogP contribution in [0.2, 0.25) is 0 Å². The summed E-state index contributed by atoms with van der Waals surface area (Å²) < 4.78 is 1.17. The zero-order valence-electron chi connectivity index (χ0n) is 8.29. The number of thiophene rings is 1. The molecule has 1 atom stereocenters. The number of aliphatic hydroxyl groups is 1. The molecule has 1 unspecified atom stereocenters. The van der Waals surface area contributed by atoms with Gasteiger partial charge in [0.15, 0.2) is 0 Å². The van der Waals surface area contributed by atoms with Crippen molar-refractivity contribution in [1.82, 2.24) is 5.32 Å². The van der Waals surface area contributed by atoms with Crippen LogP contribution < -0.4 is 5.32 Å². The van der Waals surface area contributed by atoms with Gasteiger partial charge < -0.3 is 10.4 Å². The summed E-state index contributed by atoms with van der Waals surface area (Å²) in [4.78, 5) is 1.32. The van der Waals surface area contributed by atoms with Crippen molar-refractivity contribution in [2.24, 2.45) is 0 Å². The molecule has 2 nitrogen and oxygen atoms in total. The fourth-order valence-corrected chi connectivity index (χ4v) is 2.59. The van der Waals surface area contributed by atoms with Gasteiger partial charge in [0.1, 0.15) is 0 Å². The van der Waals surface area contributed by atoms with Crippen LogP contribution in [-0.2, 0) is 6.54 Å². The SMILES string of the molecule is CCC(O)CCNCc1sccc1Br. The largest absolute Gasteiger partial charge is 0.393 e. The average molecular weight is 278 g/mol. The Morgan fingerprint density at radius 2 is 2.43 bits per heavy atom. The summed E-state index contributed by atoms with van der Waals surface area (Å²) in [6.45, 7) is 3.76. The maximum Gasteiger partial charge on any atom is 0.0549 e. The molecule has 0 aliphatic carbocycles. The van der Waals surface area contributed by atoms with Gasteiger partial charge in [0.05, 0.1) is 6.10 Å². The summed E-state index contributed by atoms with van der Waals surface area (Å²) in [5.41, 5.74) is 0. The highest BCUT2D eigenvalue weighted by molar-refractivity contribution is 9.10. The number of hydrogen-bond acceptors (Lipinski definition) is 3. The third kappa shape index (κ3) is 4.09. The molecule has 0 aromatic carbocycles. The van der Waals surface area contributed by atoms with Gasteiger partial charge in [0.25, 0.3) is 0 Å². The first-order valence-corrected chi connectivity index (χ1v) is 6.52. The third-order valence-corrected chi connectivity index (χ3v) is 4.03. The predicted molar refractivity (Wildman–Crippen MR) is 64.6 cm³/mol. The molecule has 0 aliphatic rings. The van der Waals surface area contributed by atoms with Gasteiger partial charge in [-0.1, -0.05) is 6.92 Å². The standard InChI is InChI=1S/C10H16BrNOS/c1-2-8(13)3-5-12-7-10-9(11)4-6-14-10/h4,6,8,12-13H,2-3,5,7H2,1H3. The monoisotopic (exact) mass is 277 g/mol. The highest BCUT2D eigenvalue weighted by Gasteiger charge is 2.02. The van der Waals surface area contributed by atoms with Crippen molar-refractivity contribution < 1.29 is 5.11 Å². The van der Waals surface area contributed by atoms with Crippen LogP contribution in [0.15, 0.2) is 15.9 Å². The molecule has 0 spiro atoms. The molecule has 0 amide bonds. The first-order chi connectivity index (χ1) is 6.74. The minimum atomic E-state index is -0.158. The second-order valence-corrected chi connectivity index (χ2v) is 5.07. The second-order valence-electron chi connectivity index (χ2n) is 3.22. The predicted octanol–water partition coefficient (Wildman–Crippen LogP) is 2.76. The van der Waals surface area contributed by atoms with E-state index in [1.54, 1.807) is 11.3 Å². The van der Waals surface area contributed by atoms with Crippen molar-refractivity contribution in [3.8, 4) is 0 Å². The number of rotatable bonds is 6. The van der Waals surface area contributed by atoms with Crippen LogP contribution in [0.1, 0.15) is 24.6 Å². The van der Waals surface area contributed by atoms with E-state index in [4.69, 9.17) is 0 Å². The normalized spacial score (nSPS) is 13.1. The summed E-state index contributed by atoms with van der Waals surface area (Å²) in [6, 6.07) is 2.06. The number of aliphatic hydroxyl groups excluding tert-OH is 1. The molecule has 1 aromatic heterocycles. The van der Waals surface area contributed by atoms with E-state index in [0.717, 1.165) is 25.9 Å². The van der Waals surface area contributed by atoms with E-state index in [9.17, 15) is 5.11 Å². The van der Waals surface area contributed by atoms with Crippen LogP contribution in [0.25, 0.3) is 0 Å². The van der Waals surface area contributed by atoms with E-state index in [1.165, 1.54) is 9.35 Å². The molecular weight excluding hydrogens is 262 g/mol. The molecule has 0 radical (unpaired) electrons. The van der Waals surface area contributed by atoms with Crippen molar-refractivity contribution in [2.45, 2.75) is 32.4 Å². The first kappa shape index (κ1) is 12.2. The smallest absolute Gasteiger partial charge is 0.0549 e. The summed E-state index contributed by atoms with van der Waals surface area (Å²) in [7, 11) is 0. The molecular formula is C10H16BrNOS. The van der Waals surface area contributed by atoms with Gasteiger partial charge in [-0.2, -0.15) is 0 Å². The summed E-state index contributed by atoms with van der Waals surface area (Å²) in [5.74, 6) is 0. The molecule has 14 heavy (non-hydrogen) atoms. The fourth-order valence-electron chi connectivity index (χ4n) is 1.13. The highest BCUT2D eigenvalue weighted by atomic mass is 79.9. The van der Waals surface area contributed by atoms with Gasteiger partial charge in [-0.05, 0) is 46.8 Å². The van der Waals surface area contributed by atoms with Gasteiger partial charge in [-0.25, -0.2) is 0 Å². The maximum absolute atomic E-state index is 9.32. The molecule has 1 heterocycles. The Balaban J connectivity index is 2.13. The first-order valence-electron chi connectivity index (χ1n) is 4.84. The van der Waals surface area contributed by atoms with Crippen LogP contribution in [-0.4, -0.2) is 17.8 Å². The number of halogens is 1. The minimum Gasteiger partial charge on any atom is -0.393 e. The molecule has 0 bridgehead atoms. The summed E-state index contributed by atoms with van der Waals surface area (Å²) in [6.07, 6.45) is 1.51. The fraction of sp³-hybridized carbons (Fsp3) is 0.600. The molecule has 0 saturated carbocycles. The molecule has 2 N–H and O–H groups in total. The zero-order valence-corrected chi connectivity index (χ0v) is 10.7. The topological polar surface area (TPSA) is 32.3 Å². The van der Waals surface area contributed by atoms with Gasteiger partial charge in [-0.3, -0.25) is 0 Å². The second kappa shape index (κ2) is 6.56. The van der Waals surface area contributed by atoms with Crippen molar-refractivity contribution >= 4 is 27.3 Å². The molecule has 80 valence electrons. The third-order valence-electron chi connectivity index (χ3n) is 2.10. The van der Waals surface area contributed by atoms with E-state index in [0.29, 0.717) is 0 Å². The summed E-state index contributed by atoms with van der Waals surface area (Å²) >= 11 is 5.22. The van der Waals surface area contributed by atoms with Crippen LogP contribution in [0.5, 0.6) is 0 Å². The average Bonchev–Trinajstić information content (AvgIpc) is 2.58. The lowest BCUT2D eigenvalue weighted by Gasteiger charge is -2.07. The van der Waals surface area contributed by atoms with E-state index in [1.807, 2.05) is 6.92 Å². The molecule has 0 aliphatic heterocycles.